The van der Waals surface area contributed by atoms with Gasteiger partial charge in [0, 0.05) is 24.7 Å². The number of hydrogen-bond acceptors (Lipinski definition) is 4. The molecule has 3 aromatic rings. The number of amides is 1. The Kier molecular flexibility index (Phi) is 5.20. The van der Waals surface area contributed by atoms with Crippen LogP contribution in [-0.4, -0.2) is 47.9 Å². The van der Waals surface area contributed by atoms with Gasteiger partial charge in [0.25, 0.3) is 5.91 Å². The largest absolute Gasteiger partial charge is 0.497 e. The van der Waals surface area contributed by atoms with Crippen molar-refractivity contribution < 1.29 is 18.7 Å². The molecule has 2 heterocycles. The molecule has 0 radical (unpaired) electrons. The van der Waals surface area contributed by atoms with E-state index >= 15 is 0 Å². The van der Waals surface area contributed by atoms with Crippen molar-refractivity contribution in [3.05, 3.63) is 60.0 Å². The van der Waals surface area contributed by atoms with Crippen molar-refractivity contribution in [3.63, 3.8) is 0 Å². The van der Waals surface area contributed by atoms with E-state index in [4.69, 9.17) is 9.47 Å². The number of aromatic nitrogens is 2. The summed E-state index contributed by atoms with van der Waals surface area (Å²) in [4.78, 5) is 15.0. The molecule has 150 valence electrons. The molecule has 0 spiro atoms. The third kappa shape index (κ3) is 3.68. The van der Waals surface area contributed by atoms with Gasteiger partial charge in [0.05, 0.1) is 25.6 Å². The van der Waals surface area contributed by atoms with E-state index in [1.807, 2.05) is 17.0 Å². The number of rotatable bonds is 5. The van der Waals surface area contributed by atoms with E-state index in [0.29, 0.717) is 28.6 Å². The van der Waals surface area contributed by atoms with E-state index in [0.717, 1.165) is 31.5 Å². The van der Waals surface area contributed by atoms with Crippen molar-refractivity contribution in [3.8, 4) is 28.4 Å². The Labute approximate surface area is 168 Å². The Bertz CT molecular complexity index is 1020. The Balaban J connectivity index is 1.83. The van der Waals surface area contributed by atoms with Crippen LogP contribution in [0, 0.1) is 5.82 Å². The number of nitrogens with zero attached hydrogens (tertiary/aromatic N) is 3. The van der Waals surface area contributed by atoms with E-state index < -0.39 is 0 Å². The summed E-state index contributed by atoms with van der Waals surface area (Å²) in [6.45, 7) is 1.46. The molecular formula is C22H22FN3O3. The maximum atomic E-state index is 13.4. The summed E-state index contributed by atoms with van der Waals surface area (Å²) < 4.78 is 25.7. The number of hydrogen-bond donors (Lipinski definition) is 0. The molecule has 29 heavy (non-hydrogen) atoms. The minimum Gasteiger partial charge on any atom is -0.497 e. The zero-order chi connectivity index (χ0) is 20.4. The van der Waals surface area contributed by atoms with Crippen LogP contribution in [0.3, 0.4) is 0 Å². The molecule has 1 aliphatic heterocycles. The van der Waals surface area contributed by atoms with Crippen LogP contribution < -0.4 is 9.47 Å². The summed E-state index contributed by atoms with van der Waals surface area (Å²) in [5.41, 5.74) is 2.39. The first-order valence-electron chi connectivity index (χ1n) is 9.48. The van der Waals surface area contributed by atoms with Gasteiger partial charge in [-0.25, -0.2) is 9.07 Å². The normalized spacial score (nSPS) is 13.6. The van der Waals surface area contributed by atoms with Crippen LogP contribution in [0.2, 0.25) is 0 Å². The van der Waals surface area contributed by atoms with Crippen molar-refractivity contribution in [1.29, 1.82) is 0 Å². The van der Waals surface area contributed by atoms with E-state index in [1.165, 1.54) is 12.1 Å². The lowest BCUT2D eigenvalue weighted by molar-refractivity contribution is 0.0784. The minimum atomic E-state index is -0.342. The highest BCUT2D eigenvalue weighted by Crippen LogP contribution is 2.34. The van der Waals surface area contributed by atoms with Gasteiger partial charge in [-0.15, -0.1) is 0 Å². The molecule has 0 bridgehead atoms. The Hall–Kier alpha value is -3.35. The number of carbonyl (C=O) groups excluding carboxylic acids is 1. The van der Waals surface area contributed by atoms with E-state index in [9.17, 15) is 9.18 Å². The summed E-state index contributed by atoms with van der Waals surface area (Å²) in [7, 11) is 3.16. The smallest absolute Gasteiger partial charge is 0.272 e. The zero-order valence-corrected chi connectivity index (χ0v) is 16.4. The van der Waals surface area contributed by atoms with Gasteiger partial charge in [-0.1, -0.05) is 0 Å². The molecule has 6 nitrogen and oxygen atoms in total. The van der Waals surface area contributed by atoms with E-state index in [2.05, 4.69) is 5.10 Å². The van der Waals surface area contributed by atoms with Gasteiger partial charge >= 0.3 is 0 Å². The van der Waals surface area contributed by atoms with Gasteiger partial charge < -0.3 is 14.4 Å². The van der Waals surface area contributed by atoms with E-state index in [-0.39, 0.29) is 11.7 Å². The van der Waals surface area contributed by atoms with Gasteiger partial charge in [-0.3, -0.25) is 4.79 Å². The topological polar surface area (TPSA) is 56.6 Å². The second-order valence-corrected chi connectivity index (χ2v) is 6.87. The van der Waals surface area contributed by atoms with Gasteiger partial charge in [0.1, 0.15) is 23.0 Å². The SMILES string of the molecule is COc1ccc(-c2cc(C(=O)N3CCCC3)n(-c3ccc(F)cc3)n2)c(OC)c1. The molecule has 0 atom stereocenters. The summed E-state index contributed by atoms with van der Waals surface area (Å²) in [5.74, 6) is 0.827. The van der Waals surface area contributed by atoms with Gasteiger partial charge in [-0.2, -0.15) is 5.10 Å². The lowest BCUT2D eigenvalue weighted by Gasteiger charge is -2.16. The van der Waals surface area contributed by atoms with Crippen LogP contribution in [0.4, 0.5) is 4.39 Å². The number of ether oxygens (including phenoxy) is 2. The molecule has 0 unspecified atom stereocenters. The predicted molar refractivity (Wildman–Crippen MR) is 107 cm³/mol. The summed E-state index contributed by atoms with van der Waals surface area (Å²) in [6.07, 6.45) is 1.99. The first-order valence-corrected chi connectivity index (χ1v) is 9.48. The molecule has 1 fully saturated rings. The molecule has 2 aromatic carbocycles. The highest BCUT2D eigenvalue weighted by Gasteiger charge is 2.25. The molecule has 0 saturated carbocycles. The molecule has 1 aliphatic rings. The lowest BCUT2D eigenvalue weighted by Crippen LogP contribution is -2.29. The fraction of sp³-hybridized carbons (Fsp3) is 0.273. The van der Waals surface area contributed by atoms with Crippen LogP contribution in [0.15, 0.2) is 48.5 Å². The molecule has 1 saturated heterocycles. The Morgan fingerprint density at radius 1 is 1.00 bits per heavy atom. The van der Waals surface area contributed by atoms with Crippen LogP contribution in [0.1, 0.15) is 23.3 Å². The highest BCUT2D eigenvalue weighted by molar-refractivity contribution is 5.94. The van der Waals surface area contributed by atoms with Crippen LogP contribution in [0.5, 0.6) is 11.5 Å². The van der Waals surface area contributed by atoms with Crippen LogP contribution >= 0.6 is 0 Å². The van der Waals surface area contributed by atoms with Crippen molar-refractivity contribution in [1.82, 2.24) is 14.7 Å². The maximum absolute atomic E-state index is 13.4. The number of carbonyl (C=O) groups is 1. The predicted octanol–water partition coefficient (Wildman–Crippen LogP) is 3.93. The van der Waals surface area contributed by atoms with Gasteiger partial charge in [0.15, 0.2) is 0 Å². The second-order valence-electron chi connectivity index (χ2n) is 6.87. The molecule has 7 heteroatoms. The third-order valence-corrected chi connectivity index (χ3v) is 5.08. The first-order chi connectivity index (χ1) is 14.1. The number of methoxy groups -OCH3 is 2. The Morgan fingerprint density at radius 2 is 1.72 bits per heavy atom. The maximum Gasteiger partial charge on any atom is 0.272 e. The fourth-order valence-corrected chi connectivity index (χ4v) is 3.54. The first kappa shape index (κ1) is 19.0. The van der Waals surface area contributed by atoms with Crippen molar-refractivity contribution in [2.75, 3.05) is 27.3 Å². The Morgan fingerprint density at radius 3 is 2.38 bits per heavy atom. The molecular weight excluding hydrogens is 373 g/mol. The zero-order valence-electron chi connectivity index (χ0n) is 16.4. The van der Waals surface area contributed by atoms with Crippen LogP contribution in [-0.2, 0) is 0 Å². The van der Waals surface area contributed by atoms with Crippen molar-refractivity contribution >= 4 is 5.91 Å². The molecule has 0 N–H and O–H groups in total. The summed E-state index contributed by atoms with van der Waals surface area (Å²) in [6, 6.07) is 13.1. The summed E-state index contributed by atoms with van der Waals surface area (Å²) >= 11 is 0. The molecule has 1 amide bonds. The monoisotopic (exact) mass is 395 g/mol. The lowest BCUT2D eigenvalue weighted by atomic mass is 10.1. The number of benzene rings is 2. The third-order valence-electron chi connectivity index (χ3n) is 5.08. The second kappa shape index (κ2) is 7.95. The van der Waals surface area contributed by atoms with Gasteiger partial charge in [0.2, 0.25) is 0 Å². The summed E-state index contributed by atoms with van der Waals surface area (Å²) in [5, 5.41) is 4.66. The number of likely N-dealkylation sites (tertiary alicyclic amines) is 1. The van der Waals surface area contributed by atoms with Crippen molar-refractivity contribution in [2.24, 2.45) is 0 Å². The average molecular weight is 395 g/mol. The molecule has 4 rings (SSSR count). The molecule has 1 aromatic heterocycles. The average Bonchev–Trinajstić information content (AvgIpc) is 3.44. The molecule has 0 aliphatic carbocycles. The fourth-order valence-electron chi connectivity index (χ4n) is 3.54. The van der Waals surface area contributed by atoms with Crippen LogP contribution in [0.25, 0.3) is 16.9 Å². The van der Waals surface area contributed by atoms with E-state index in [1.54, 1.807) is 43.2 Å². The highest BCUT2D eigenvalue weighted by atomic mass is 19.1. The minimum absolute atomic E-state index is 0.0851. The standard InChI is InChI=1S/C22H22FN3O3/c1-28-17-9-10-18(21(13-17)29-2)19-14-20(22(27)25-11-3-4-12-25)26(24-19)16-7-5-15(23)6-8-16/h5-10,13-14H,3-4,11-12H2,1-2H3. The van der Waals surface area contributed by atoms with Gasteiger partial charge in [-0.05, 0) is 55.3 Å². The quantitative estimate of drug-likeness (QED) is 0.657. The van der Waals surface area contributed by atoms with Crippen molar-refractivity contribution in [2.45, 2.75) is 12.8 Å². The number of halogens is 1.